The molecule has 7 N–H and O–H groups in total. The number of phenolic OH excluding ortho intramolecular Hbond substituents is 1. The number of aromatic hydroxyl groups is 1. The van der Waals surface area contributed by atoms with E-state index in [1.54, 1.807) is 12.1 Å². The van der Waals surface area contributed by atoms with E-state index in [2.05, 4.69) is 0 Å². The first-order valence-electron chi connectivity index (χ1n) is 5.31. The summed E-state index contributed by atoms with van der Waals surface area (Å²) >= 11 is 0. The minimum absolute atomic E-state index is 0.0737. The normalized spacial score (nSPS) is 12.1. The van der Waals surface area contributed by atoms with E-state index in [-0.39, 0.29) is 11.7 Å². The molecule has 0 radical (unpaired) electrons. The molecule has 0 aliphatic carbocycles. The number of rotatable bonds is 5. The van der Waals surface area contributed by atoms with Crippen molar-refractivity contribution in [2.45, 2.75) is 0 Å². The SMILES string of the molecule is NC/C(=C\c1ccccc1O)C(CN)CN. The number of hydrogen-bond donors (Lipinski definition) is 4. The topological polar surface area (TPSA) is 98.3 Å². The van der Waals surface area contributed by atoms with E-state index in [0.29, 0.717) is 19.6 Å². The molecule has 0 amide bonds. The highest BCUT2D eigenvalue weighted by Gasteiger charge is 2.10. The molecule has 88 valence electrons. The van der Waals surface area contributed by atoms with Gasteiger partial charge in [0.2, 0.25) is 0 Å². The number of para-hydroxylation sites is 1. The van der Waals surface area contributed by atoms with E-state index in [4.69, 9.17) is 17.2 Å². The lowest BCUT2D eigenvalue weighted by Gasteiger charge is -2.15. The van der Waals surface area contributed by atoms with Gasteiger partial charge in [0.05, 0.1) is 0 Å². The van der Waals surface area contributed by atoms with E-state index < -0.39 is 0 Å². The highest BCUT2D eigenvalue weighted by atomic mass is 16.3. The summed E-state index contributed by atoms with van der Waals surface area (Å²) in [7, 11) is 0. The van der Waals surface area contributed by atoms with E-state index in [9.17, 15) is 5.11 Å². The second-order valence-electron chi connectivity index (χ2n) is 3.65. The number of nitrogens with two attached hydrogens (primary N) is 3. The van der Waals surface area contributed by atoms with E-state index in [0.717, 1.165) is 11.1 Å². The van der Waals surface area contributed by atoms with Crippen molar-refractivity contribution in [1.82, 2.24) is 0 Å². The molecule has 4 heteroatoms. The van der Waals surface area contributed by atoms with Gasteiger partial charge in [-0.25, -0.2) is 0 Å². The molecule has 0 spiro atoms. The highest BCUT2D eigenvalue weighted by molar-refractivity contribution is 5.60. The Kier molecular flexibility index (Phi) is 4.98. The van der Waals surface area contributed by atoms with Gasteiger partial charge in [-0.05, 0) is 6.07 Å². The van der Waals surface area contributed by atoms with Gasteiger partial charge in [-0.2, -0.15) is 0 Å². The van der Waals surface area contributed by atoms with E-state index in [1.165, 1.54) is 0 Å². The van der Waals surface area contributed by atoms with Crippen LogP contribution in [0.1, 0.15) is 5.56 Å². The largest absolute Gasteiger partial charge is 0.507 e. The van der Waals surface area contributed by atoms with Gasteiger partial charge < -0.3 is 22.3 Å². The second-order valence-corrected chi connectivity index (χ2v) is 3.65. The van der Waals surface area contributed by atoms with Crippen LogP contribution in [-0.4, -0.2) is 24.7 Å². The molecule has 0 fully saturated rings. The zero-order valence-electron chi connectivity index (χ0n) is 9.26. The number of phenols is 1. The molecule has 0 aromatic heterocycles. The van der Waals surface area contributed by atoms with Gasteiger partial charge in [-0.15, -0.1) is 0 Å². The quantitative estimate of drug-likeness (QED) is 0.573. The molecule has 0 atom stereocenters. The number of hydrogen-bond acceptors (Lipinski definition) is 4. The molecular weight excluding hydrogens is 202 g/mol. The average Bonchev–Trinajstić information content (AvgIpc) is 2.31. The van der Waals surface area contributed by atoms with Crippen molar-refractivity contribution in [3.63, 3.8) is 0 Å². The van der Waals surface area contributed by atoms with Crippen LogP contribution in [0.2, 0.25) is 0 Å². The molecule has 1 rings (SSSR count). The Morgan fingerprint density at radius 1 is 1.19 bits per heavy atom. The summed E-state index contributed by atoms with van der Waals surface area (Å²) in [5.74, 6) is 0.311. The summed E-state index contributed by atoms with van der Waals surface area (Å²) in [6.45, 7) is 1.33. The van der Waals surface area contributed by atoms with Crippen LogP contribution in [0.4, 0.5) is 0 Å². The van der Waals surface area contributed by atoms with Crippen molar-refractivity contribution in [2.24, 2.45) is 23.1 Å². The maximum Gasteiger partial charge on any atom is 0.122 e. The van der Waals surface area contributed by atoms with Crippen molar-refractivity contribution in [2.75, 3.05) is 19.6 Å². The van der Waals surface area contributed by atoms with Crippen LogP contribution in [-0.2, 0) is 0 Å². The third kappa shape index (κ3) is 3.06. The number of benzene rings is 1. The van der Waals surface area contributed by atoms with Gasteiger partial charge in [0.15, 0.2) is 0 Å². The average molecular weight is 221 g/mol. The Bertz CT molecular complexity index is 359. The lowest BCUT2D eigenvalue weighted by Crippen LogP contribution is -2.28. The van der Waals surface area contributed by atoms with Crippen LogP contribution in [0.5, 0.6) is 5.75 Å². The van der Waals surface area contributed by atoms with Crippen molar-refractivity contribution in [1.29, 1.82) is 0 Å². The fourth-order valence-electron chi connectivity index (χ4n) is 1.55. The van der Waals surface area contributed by atoms with Crippen molar-refractivity contribution >= 4 is 6.08 Å². The summed E-state index contributed by atoms with van der Waals surface area (Å²) in [6, 6.07) is 7.10. The Balaban J connectivity index is 3.00. The molecule has 0 aliphatic heterocycles. The van der Waals surface area contributed by atoms with Gasteiger partial charge in [0, 0.05) is 31.1 Å². The highest BCUT2D eigenvalue weighted by Crippen LogP contribution is 2.21. The lowest BCUT2D eigenvalue weighted by molar-refractivity contribution is 0.474. The molecule has 0 heterocycles. The summed E-state index contributed by atoms with van der Waals surface area (Å²) in [5.41, 5.74) is 18.6. The predicted molar refractivity (Wildman–Crippen MR) is 66.7 cm³/mol. The zero-order valence-corrected chi connectivity index (χ0v) is 9.26. The minimum Gasteiger partial charge on any atom is -0.507 e. The Morgan fingerprint density at radius 3 is 2.31 bits per heavy atom. The van der Waals surface area contributed by atoms with Crippen molar-refractivity contribution in [3.05, 3.63) is 35.4 Å². The maximum absolute atomic E-state index is 9.63. The monoisotopic (exact) mass is 221 g/mol. The zero-order chi connectivity index (χ0) is 12.0. The van der Waals surface area contributed by atoms with Crippen LogP contribution in [0.3, 0.4) is 0 Å². The summed E-state index contributed by atoms with van der Waals surface area (Å²) < 4.78 is 0. The smallest absolute Gasteiger partial charge is 0.122 e. The first-order valence-corrected chi connectivity index (χ1v) is 5.31. The molecule has 0 saturated heterocycles. The predicted octanol–water partition coefficient (Wildman–Crippen LogP) is 0.268. The van der Waals surface area contributed by atoms with Gasteiger partial charge in [-0.3, -0.25) is 0 Å². The third-order valence-corrected chi connectivity index (χ3v) is 2.61. The fraction of sp³-hybridized carbons (Fsp3) is 0.333. The van der Waals surface area contributed by atoms with Gasteiger partial charge in [0.25, 0.3) is 0 Å². The lowest BCUT2D eigenvalue weighted by atomic mass is 9.96. The first kappa shape index (κ1) is 12.7. The molecule has 1 aromatic carbocycles. The Labute approximate surface area is 95.7 Å². The van der Waals surface area contributed by atoms with Crippen LogP contribution in [0, 0.1) is 5.92 Å². The molecular formula is C12H19N3O. The van der Waals surface area contributed by atoms with E-state index in [1.807, 2.05) is 18.2 Å². The molecule has 0 aliphatic rings. The molecule has 0 saturated carbocycles. The standard InChI is InChI=1S/C12H19N3O/c13-6-10(11(7-14)8-15)5-9-3-1-2-4-12(9)16/h1-5,11,16H,6-8,13-15H2/b10-5+. The maximum atomic E-state index is 9.63. The minimum atomic E-state index is 0.0737. The molecule has 16 heavy (non-hydrogen) atoms. The van der Waals surface area contributed by atoms with Gasteiger partial charge >= 0.3 is 0 Å². The Morgan fingerprint density at radius 2 is 1.81 bits per heavy atom. The molecule has 0 unspecified atom stereocenters. The van der Waals surface area contributed by atoms with Crippen LogP contribution < -0.4 is 17.2 Å². The third-order valence-electron chi connectivity index (χ3n) is 2.61. The molecule has 0 bridgehead atoms. The summed E-state index contributed by atoms with van der Waals surface area (Å²) in [4.78, 5) is 0. The van der Waals surface area contributed by atoms with Crippen molar-refractivity contribution < 1.29 is 5.11 Å². The summed E-state index contributed by atoms with van der Waals surface area (Å²) in [6.07, 6.45) is 1.86. The second kappa shape index (κ2) is 6.27. The first-order chi connectivity index (χ1) is 7.72. The van der Waals surface area contributed by atoms with Crippen LogP contribution >= 0.6 is 0 Å². The van der Waals surface area contributed by atoms with Gasteiger partial charge in [-0.1, -0.05) is 29.8 Å². The van der Waals surface area contributed by atoms with E-state index >= 15 is 0 Å². The molecule has 4 nitrogen and oxygen atoms in total. The fourth-order valence-corrected chi connectivity index (χ4v) is 1.55. The summed E-state index contributed by atoms with van der Waals surface area (Å²) in [5, 5.41) is 9.63. The van der Waals surface area contributed by atoms with Gasteiger partial charge in [0.1, 0.15) is 5.75 Å². The molecule has 1 aromatic rings. The Hall–Kier alpha value is -1.36. The van der Waals surface area contributed by atoms with Crippen molar-refractivity contribution in [3.8, 4) is 5.75 Å². The van der Waals surface area contributed by atoms with Crippen LogP contribution in [0.25, 0.3) is 6.08 Å². The van der Waals surface area contributed by atoms with Crippen LogP contribution in [0.15, 0.2) is 29.8 Å².